The third kappa shape index (κ3) is 2.36. The molecule has 0 bridgehead atoms. The number of ether oxygens (including phenoxy) is 1. The van der Waals surface area contributed by atoms with E-state index in [4.69, 9.17) is 4.74 Å². The maximum absolute atomic E-state index is 11.0. The van der Waals surface area contributed by atoms with Crippen LogP contribution >= 0.6 is 15.9 Å². The average Bonchev–Trinajstić information content (AvgIpc) is 2.29. The Hall–Kier alpha value is -1.35. The lowest BCUT2D eigenvalue weighted by Gasteiger charge is -2.03. The van der Waals surface area contributed by atoms with Crippen LogP contribution in [0.25, 0.3) is 10.8 Å². The second-order valence-electron chi connectivity index (χ2n) is 3.12. The lowest BCUT2D eigenvalue weighted by molar-refractivity contribution is -0.131. The number of fused-ring (bicyclic) bond motifs is 1. The Morgan fingerprint density at radius 3 is 2.60 bits per heavy atom. The van der Waals surface area contributed by atoms with E-state index in [1.54, 1.807) is 6.07 Å². The number of hydrogen-bond donors (Lipinski definition) is 0. The average molecular weight is 265 g/mol. The van der Waals surface area contributed by atoms with Gasteiger partial charge in [-0.2, -0.15) is 0 Å². The molecule has 0 amide bonds. The zero-order valence-electron chi connectivity index (χ0n) is 7.94. The summed E-state index contributed by atoms with van der Waals surface area (Å²) in [6.45, 7) is 0. The number of carbonyl (C=O) groups is 1. The molecule has 2 aromatic carbocycles. The molecule has 0 aliphatic rings. The van der Waals surface area contributed by atoms with Crippen LogP contribution in [0.5, 0.6) is 5.75 Å². The number of alkyl halides is 1. The van der Waals surface area contributed by atoms with Gasteiger partial charge in [-0.05, 0) is 22.9 Å². The Kier molecular flexibility index (Phi) is 3.02. The van der Waals surface area contributed by atoms with Crippen LogP contribution in [0.1, 0.15) is 0 Å². The fraction of sp³-hybridized carbons (Fsp3) is 0.0833. The second kappa shape index (κ2) is 4.45. The standard InChI is InChI=1S/C12H9BrO2/c13-8-12(14)15-11-6-5-9-3-1-2-4-10(9)7-11/h1-7H,8H2. The Balaban J connectivity index is 2.34. The highest BCUT2D eigenvalue weighted by Crippen LogP contribution is 2.20. The van der Waals surface area contributed by atoms with E-state index >= 15 is 0 Å². The number of esters is 1. The molecule has 76 valence electrons. The maximum atomic E-state index is 11.0. The van der Waals surface area contributed by atoms with Crippen LogP contribution in [0, 0.1) is 0 Å². The van der Waals surface area contributed by atoms with Crippen molar-refractivity contribution in [3.8, 4) is 5.75 Å². The molecule has 0 heterocycles. The van der Waals surface area contributed by atoms with E-state index in [0.717, 1.165) is 10.8 Å². The van der Waals surface area contributed by atoms with Crippen LogP contribution in [0.3, 0.4) is 0 Å². The van der Waals surface area contributed by atoms with Gasteiger partial charge >= 0.3 is 5.97 Å². The van der Waals surface area contributed by atoms with E-state index in [2.05, 4.69) is 15.9 Å². The van der Waals surface area contributed by atoms with Gasteiger partial charge < -0.3 is 4.74 Å². The third-order valence-electron chi connectivity index (χ3n) is 2.06. The first-order valence-corrected chi connectivity index (χ1v) is 5.67. The van der Waals surface area contributed by atoms with Gasteiger partial charge in [0.05, 0.1) is 0 Å². The molecule has 0 fully saturated rings. The number of rotatable bonds is 2. The van der Waals surface area contributed by atoms with E-state index in [1.807, 2.05) is 36.4 Å². The van der Waals surface area contributed by atoms with Gasteiger partial charge in [0.2, 0.25) is 0 Å². The minimum atomic E-state index is -0.287. The number of halogens is 1. The van der Waals surface area contributed by atoms with Crippen LogP contribution in [-0.4, -0.2) is 11.3 Å². The quantitative estimate of drug-likeness (QED) is 0.473. The Bertz CT molecular complexity index is 494. The highest BCUT2D eigenvalue weighted by molar-refractivity contribution is 9.09. The van der Waals surface area contributed by atoms with Crippen molar-refractivity contribution in [2.45, 2.75) is 0 Å². The van der Waals surface area contributed by atoms with Gasteiger partial charge in [0.1, 0.15) is 11.1 Å². The van der Waals surface area contributed by atoms with E-state index in [1.165, 1.54) is 0 Å². The monoisotopic (exact) mass is 264 g/mol. The van der Waals surface area contributed by atoms with E-state index in [0.29, 0.717) is 5.75 Å². The normalized spacial score (nSPS) is 10.2. The topological polar surface area (TPSA) is 26.3 Å². The molecule has 0 aliphatic carbocycles. The predicted molar refractivity (Wildman–Crippen MR) is 63.4 cm³/mol. The molecule has 2 nitrogen and oxygen atoms in total. The van der Waals surface area contributed by atoms with Crippen molar-refractivity contribution in [2.24, 2.45) is 0 Å². The first-order valence-electron chi connectivity index (χ1n) is 4.55. The molecule has 0 aromatic heterocycles. The van der Waals surface area contributed by atoms with Crippen molar-refractivity contribution < 1.29 is 9.53 Å². The van der Waals surface area contributed by atoms with Gasteiger partial charge in [-0.15, -0.1) is 0 Å². The number of benzene rings is 2. The number of hydrogen-bond acceptors (Lipinski definition) is 2. The van der Waals surface area contributed by atoms with Crippen molar-refractivity contribution in [3.05, 3.63) is 42.5 Å². The summed E-state index contributed by atoms with van der Waals surface area (Å²) in [5.74, 6) is 0.295. The summed E-state index contributed by atoms with van der Waals surface area (Å²) >= 11 is 3.05. The van der Waals surface area contributed by atoms with E-state index in [-0.39, 0.29) is 11.3 Å². The van der Waals surface area contributed by atoms with Crippen molar-refractivity contribution in [1.29, 1.82) is 0 Å². The van der Waals surface area contributed by atoms with Gasteiger partial charge in [0, 0.05) is 0 Å². The molecule has 0 saturated heterocycles. The summed E-state index contributed by atoms with van der Waals surface area (Å²) in [6.07, 6.45) is 0. The van der Waals surface area contributed by atoms with Crippen LogP contribution in [0.2, 0.25) is 0 Å². The van der Waals surface area contributed by atoms with Gasteiger partial charge in [-0.3, -0.25) is 4.79 Å². The van der Waals surface area contributed by atoms with Gasteiger partial charge in [-0.25, -0.2) is 0 Å². The summed E-state index contributed by atoms with van der Waals surface area (Å²) in [5, 5.41) is 2.41. The third-order valence-corrected chi connectivity index (χ3v) is 2.52. The molecule has 0 spiro atoms. The fourth-order valence-corrected chi connectivity index (χ4v) is 1.50. The van der Waals surface area contributed by atoms with Gasteiger partial charge in [0.15, 0.2) is 0 Å². The Morgan fingerprint density at radius 2 is 1.87 bits per heavy atom. The smallest absolute Gasteiger partial charge is 0.321 e. The van der Waals surface area contributed by atoms with E-state index in [9.17, 15) is 4.79 Å². The molecule has 0 aliphatic heterocycles. The number of carbonyl (C=O) groups excluding carboxylic acids is 1. The summed E-state index contributed by atoms with van der Waals surface area (Å²) in [6, 6.07) is 13.5. The van der Waals surface area contributed by atoms with Crippen LogP contribution in [-0.2, 0) is 4.79 Å². The van der Waals surface area contributed by atoms with Crippen molar-refractivity contribution in [2.75, 3.05) is 5.33 Å². The molecular formula is C12H9BrO2. The molecule has 2 aromatic rings. The molecular weight excluding hydrogens is 256 g/mol. The summed E-state index contributed by atoms with van der Waals surface area (Å²) in [5.41, 5.74) is 0. The summed E-state index contributed by atoms with van der Waals surface area (Å²) in [4.78, 5) is 11.0. The highest BCUT2D eigenvalue weighted by Gasteiger charge is 2.02. The van der Waals surface area contributed by atoms with Crippen LogP contribution in [0.4, 0.5) is 0 Å². The highest BCUT2D eigenvalue weighted by atomic mass is 79.9. The van der Waals surface area contributed by atoms with Crippen molar-refractivity contribution >= 4 is 32.7 Å². The van der Waals surface area contributed by atoms with E-state index < -0.39 is 0 Å². The molecule has 3 heteroatoms. The first kappa shape index (κ1) is 10.2. The molecule has 15 heavy (non-hydrogen) atoms. The van der Waals surface area contributed by atoms with Crippen LogP contribution < -0.4 is 4.74 Å². The van der Waals surface area contributed by atoms with Crippen molar-refractivity contribution in [1.82, 2.24) is 0 Å². The minimum Gasteiger partial charge on any atom is -0.426 e. The zero-order chi connectivity index (χ0) is 10.7. The lowest BCUT2D eigenvalue weighted by Crippen LogP contribution is -2.08. The van der Waals surface area contributed by atoms with Gasteiger partial charge in [0.25, 0.3) is 0 Å². The fourth-order valence-electron chi connectivity index (χ4n) is 1.39. The molecule has 0 saturated carbocycles. The Labute approximate surface area is 96.0 Å². The summed E-state index contributed by atoms with van der Waals surface area (Å²) < 4.78 is 5.09. The predicted octanol–water partition coefficient (Wildman–Crippen LogP) is 3.14. The maximum Gasteiger partial charge on any atom is 0.321 e. The molecule has 0 N–H and O–H groups in total. The summed E-state index contributed by atoms with van der Waals surface area (Å²) in [7, 11) is 0. The minimum absolute atomic E-state index is 0.208. The second-order valence-corrected chi connectivity index (χ2v) is 3.68. The first-order chi connectivity index (χ1) is 7.29. The molecule has 0 atom stereocenters. The Morgan fingerprint density at radius 1 is 1.13 bits per heavy atom. The molecule has 0 radical (unpaired) electrons. The molecule has 2 rings (SSSR count). The SMILES string of the molecule is O=C(CBr)Oc1ccc2ccccc2c1. The van der Waals surface area contributed by atoms with Gasteiger partial charge in [-0.1, -0.05) is 46.3 Å². The lowest BCUT2D eigenvalue weighted by atomic mass is 10.1. The zero-order valence-corrected chi connectivity index (χ0v) is 9.53. The van der Waals surface area contributed by atoms with Crippen LogP contribution in [0.15, 0.2) is 42.5 Å². The van der Waals surface area contributed by atoms with Crippen molar-refractivity contribution in [3.63, 3.8) is 0 Å². The largest absolute Gasteiger partial charge is 0.426 e. The molecule has 0 unspecified atom stereocenters.